The van der Waals surface area contributed by atoms with Gasteiger partial charge in [-0.2, -0.15) is 9.40 Å². The van der Waals surface area contributed by atoms with Gasteiger partial charge in [0.15, 0.2) is 0 Å². The van der Waals surface area contributed by atoms with Crippen LogP contribution in [-0.4, -0.2) is 46.5 Å². The number of benzene rings is 1. The van der Waals surface area contributed by atoms with E-state index in [2.05, 4.69) is 15.4 Å². The van der Waals surface area contributed by atoms with E-state index in [1.807, 2.05) is 18.2 Å². The zero-order valence-electron chi connectivity index (χ0n) is 17.1. The number of rotatable bonds is 6. The largest absolute Gasteiger partial charge is 0.307 e. The quantitative estimate of drug-likeness (QED) is 0.636. The number of nitrogens with one attached hydrogen (secondary N) is 1. The van der Waals surface area contributed by atoms with Gasteiger partial charge in [0, 0.05) is 30.9 Å². The Bertz CT molecular complexity index is 1120. The zero-order chi connectivity index (χ0) is 21.7. The highest BCUT2D eigenvalue weighted by molar-refractivity contribution is 7.89. The van der Waals surface area contributed by atoms with Gasteiger partial charge < -0.3 is 5.32 Å². The van der Waals surface area contributed by atoms with Crippen LogP contribution in [0.5, 0.6) is 0 Å². The van der Waals surface area contributed by atoms with Gasteiger partial charge in [0.1, 0.15) is 5.82 Å². The van der Waals surface area contributed by atoms with Crippen molar-refractivity contribution in [1.29, 1.82) is 0 Å². The van der Waals surface area contributed by atoms with Crippen molar-refractivity contribution < 1.29 is 13.2 Å². The van der Waals surface area contributed by atoms with Crippen LogP contribution < -0.4 is 5.32 Å². The molecule has 0 radical (unpaired) electrons. The van der Waals surface area contributed by atoms with Crippen LogP contribution in [0.25, 0.3) is 0 Å². The van der Waals surface area contributed by atoms with Crippen molar-refractivity contribution in [2.45, 2.75) is 37.1 Å². The Morgan fingerprint density at radius 1 is 0.935 bits per heavy atom. The minimum atomic E-state index is -3.54. The number of anilines is 1. The molecule has 1 amide bonds. The molecule has 0 bridgehead atoms. The van der Waals surface area contributed by atoms with Crippen LogP contribution in [0.4, 0.5) is 5.82 Å². The fourth-order valence-corrected chi connectivity index (χ4v) is 5.12. The Kier molecular flexibility index (Phi) is 6.43. The van der Waals surface area contributed by atoms with Gasteiger partial charge in [-0.1, -0.05) is 18.9 Å². The molecule has 3 aromatic rings. The smallest absolute Gasteiger partial charge is 0.256 e. The molecule has 162 valence electrons. The first-order valence-corrected chi connectivity index (χ1v) is 11.8. The average Bonchev–Trinajstić information content (AvgIpc) is 3.03. The van der Waals surface area contributed by atoms with Gasteiger partial charge >= 0.3 is 0 Å². The summed E-state index contributed by atoms with van der Waals surface area (Å²) in [6.07, 6.45) is 7.19. The van der Waals surface area contributed by atoms with Gasteiger partial charge in [0.05, 0.1) is 23.3 Å². The summed E-state index contributed by atoms with van der Waals surface area (Å²) in [4.78, 5) is 17.2. The van der Waals surface area contributed by atoms with Crippen molar-refractivity contribution in [2.24, 2.45) is 0 Å². The monoisotopic (exact) mass is 439 g/mol. The molecule has 2 aromatic heterocycles. The first-order chi connectivity index (χ1) is 15.0. The first-order valence-electron chi connectivity index (χ1n) is 10.4. The second-order valence-electron chi connectivity index (χ2n) is 7.49. The van der Waals surface area contributed by atoms with Gasteiger partial charge in [-0.15, -0.1) is 0 Å². The Labute approximate surface area is 182 Å². The van der Waals surface area contributed by atoms with Gasteiger partial charge in [-0.05, 0) is 49.2 Å². The van der Waals surface area contributed by atoms with Crippen LogP contribution in [-0.2, 0) is 16.6 Å². The van der Waals surface area contributed by atoms with Crippen molar-refractivity contribution in [3.05, 3.63) is 72.2 Å². The molecule has 8 nitrogen and oxygen atoms in total. The lowest BCUT2D eigenvalue weighted by Crippen LogP contribution is -2.31. The average molecular weight is 440 g/mol. The van der Waals surface area contributed by atoms with E-state index >= 15 is 0 Å². The maximum absolute atomic E-state index is 12.9. The van der Waals surface area contributed by atoms with Crippen LogP contribution in [0.2, 0.25) is 0 Å². The summed E-state index contributed by atoms with van der Waals surface area (Å²) in [7, 11) is -3.54. The molecule has 4 rings (SSSR count). The predicted octanol–water partition coefficient (Wildman–Crippen LogP) is 3.14. The second-order valence-corrected chi connectivity index (χ2v) is 9.43. The molecule has 1 saturated heterocycles. The van der Waals surface area contributed by atoms with Crippen molar-refractivity contribution in [3.63, 3.8) is 0 Å². The topological polar surface area (TPSA) is 97.2 Å². The molecule has 0 spiro atoms. The summed E-state index contributed by atoms with van der Waals surface area (Å²) in [6, 6.07) is 13.4. The standard InChI is InChI=1S/C22H25N5O3S/c28-22(25-21-12-14-24-27(21)17-19-7-3-4-13-23-19)18-8-10-20(11-9-18)31(29,30)26-15-5-1-2-6-16-26/h3-4,7-14H,1-2,5-6,15-17H2,(H,25,28). The minimum absolute atomic E-state index is 0.214. The Morgan fingerprint density at radius 2 is 1.68 bits per heavy atom. The van der Waals surface area contributed by atoms with E-state index in [0.717, 1.165) is 31.4 Å². The minimum Gasteiger partial charge on any atom is -0.307 e. The van der Waals surface area contributed by atoms with Crippen molar-refractivity contribution in [1.82, 2.24) is 19.1 Å². The third kappa shape index (κ3) is 5.00. The van der Waals surface area contributed by atoms with Crippen LogP contribution in [0.3, 0.4) is 0 Å². The van der Waals surface area contributed by atoms with Gasteiger partial charge in [-0.3, -0.25) is 9.78 Å². The molecule has 9 heteroatoms. The Balaban J connectivity index is 1.45. The number of sulfonamides is 1. The van der Waals surface area contributed by atoms with E-state index < -0.39 is 10.0 Å². The van der Waals surface area contributed by atoms with Crippen molar-refractivity contribution >= 4 is 21.7 Å². The maximum atomic E-state index is 12.9. The number of pyridine rings is 1. The lowest BCUT2D eigenvalue weighted by molar-refractivity contribution is 0.102. The van der Waals surface area contributed by atoms with Crippen molar-refractivity contribution in [2.75, 3.05) is 18.4 Å². The number of carbonyl (C=O) groups is 1. The van der Waals surface area contributed by atoms with Crippen LogP contribution in [0.1, 0.15) is 41.7 Å². The number of amides is 1. The molecular weight excluding hydrogens is 414 g/mol. The predicted molar refractivity (Wildman–Crippen MR) is 117 cm³/mol. The van der Waals surface area contributed by atoms with E-state index in [4.69, 9.17) is 0 Å². The molecule has 0 unspecified atom stereocenters. The van der Waals surface area contributed by atoms with E-state index in [-0.39, 0.29) is 10.8 Å². The molecule has 1 aromatic carbocycles. The first kappa shape index (κ1) is 21.2. The molecule has 1 aliphatic rings. The normalized spacial score (nSPS) is 15.4. The lowest BCUT2D eigenvalue weighted by Gasteiger charge is -2.20. The Morgan fingerprint density at radius 3 is 2.35 bits per heavy atom. The van der Waals surface area contributed by atoms with Crippen molar-refractivity contribution in [3.8, 4) is 0 Å². The third-order valence-corrected chi connectivity index (χ3v) is 7.23. The molecule has 1 fully saturated rings. The molecule has 1 N–H and O–H groups in total. The fourth-order valence-electron chi connectivity index (χ4n) is 3.61. The highest BCUT2D eigenvalue weighted by Crippen LogP contribution is 2.21. The molecule has 1 aliphatic heterocycles. The van der Waals surface area contributed by atoms with Crippen LogP contribution >= 0.6 is 0 Å². The second kappa shape index (κ2) is 9.40. The van der Waals surface area contributed by atoms with Gasteiger partial charge in [0.2, 0.25) is 10.0 Å². The summed E-state index contributed by atoms with van der Waals surface area (Å²) in [5, 5.41) is 7.07. The molecule has 3 heterocycles. The summed E-state index contributed by atoms with van der Waals surface area (Å²) < 4.78 is 29.0. The molecule has 31 heavy (non-hydrogen) atoms. The molecular formula is C22H25N5O3S. The number of nitrogens with zero attached hydrogens (tertiary/aromatic N) is 4. The summed E-state index contributed by atoms with van der Waals surface area (Å²) in [5.41, 5.74) is 1.20. The maximum Gasteiger partial charge on any atom is 0.256 e. The summed E-state index contributed by atoms with van der Waals surface area (Å²) in [6.45, 7) is 1.52. The molecule has 0 atom stereocenters. The highest BCUT2D eigenvalue weighted by Gasteiger charge is 2.25. The highest BCUT2D eigenvalue weighted by atomic mass is 32.2. The number of carbonyl (C=O) groups excluding carboxylic acids is 1. The Hall–Kier alpha value is -3.04. The fraction of sp³-hybridized carbons (Fsp3) is 0.318. The number of hydrogen-bond donors (Lipinski definition) is 1. The molecule has 0 aliphatic carbocycles. The van der Waals surface area contributed by atoms with E-state index in [1.165, 1.54) is 12.1 Å². The molecule has 0 saturated carbocycles. The van der Waals surface area contributed by atoms with Crippen LogP contribution in [0.15, 0.2) is 65.8 Å². The zero-order valence-corrected chi connectivity index (χ0v) is 18.0. The third-order valence-electron chi connectivity index (χ3n) is 5.32. The summed E-state index contributed by atoms with van der Waals surface area (Å²) >= 11 is 0. The summed E-state index contributed by atoms with van der Waals surface area (Å²) in [5.74, 6) is 0.207. The van der Waals surface area contributed by atoms with E-state index in [0.29, 0.717) is 31.0 Å². The SMILES string of the molecule is O=C(Nc1ccnn1Cc1ccccn1)c1ccc(S(=O)(=O)N2CCCCCC2)cc1. The number of aromatic nitrogens is 3. The van der Waals surface area contributed by atoms with E-state index in [9.17, 15) is 13.2 Å². The van der Waals surface area contributed by atoms with E-state index in [1.54, 1.807) is 39.6 Å². The van der Waals surface area contributed by atoms with Gasteiger partial charge in [-0.25, -0.2) is 13.1 Å². The lowest BCUT2D eigenvalue weighted by atomic mass is 10.2. The van der Waals surface area contributed by atoms with Crippen LogP contribution in [0, 0.1) is 0 Å². The number of hydrogen-bond acceptors (Lipinski definition) is 5. The van der Waals surface area contributed by atoms with Gasteiger partial charge in [0.25, 0.3) is 5.91 Å².